The Hall–Kier alpha value is -3.42. The highest BCUT2D eigenvalue weighted by Gasteiger charge is 2.36. The normalized spacial score (nSPS) is 26.8. The molecule has 5 rings (SSSR count). The zero-order chi connectivity index (χ0) is 21.5. The van der Waals surface area contributed by atoms with E-state index in [-0.39, 0.29) is 24.4 Å². The predicted molar refractivity (Wildman–Crippen MR) is 115 cm³/mol. The van der Waals surface area contributed by atoms with Crippen molar-refractivity contribution in [3.05, 3.63) is 60.2 Å². The van der Waals surface area contributed by atoms with Crippen LogP contribution in [0.25, 0.3) is 0 Å². The Labute approximate surface area is 180 Å². The van der Waals surface area contributed by atoms with Crippen molar-refractivity contribution < 1.29 is 14.3 Å². The highest BCUT2D eigenvalue weighted by Crippen LogP contribution is 2.37. The number of para-hydroxylation sites is 2. The average molecular weight is 419 g/mol. The van der Waals surface area contributed by atoms with E-state index in [1.807, 2.05) is 22.9 Å². The summed E-state index contributed by atoms with van der Waals surface area (Å²) in [5, 5.41) is 7.29. The molecule has 1 aromatic carbocycles. The van der Waals surface area contributed by atoms with Crippen LogP contribution >= 0.6 is 0 Å². The summed E-state index contributed by atoms with van der Waals surface area (Å²) in [6.07, 6.45) is 10.3. The smallest absolute Gasteiger partial charge is 0.291 e. The molecule has 3 heterocycles. The summed E-state index contributed by atoms with van der Waals surface area (Å²) in [4.78, 5) is 31.8. The maximum atomic E-state index is 12.9. The van der Waals surface area contributed by atoms with E-state index in [4.69, 9.17) is 4.74 Å². The van der Waals surface area contributed by atoms with Crippen molar-refractivity contribution in [2.75, 3.05) is 18.6 Å². The molecule has 2 unspecified atom stereocenters. The number of ether oxygens (including phenoxy) is 1. The van der Waals surface area contributed by atoms with Crippen LogP contribution in [-0.2, 0) is 11.2 Å². The van der Waals surface area contributed by atoms with Crippen LogP contribution in [0.3, 0.4) is 0 Å². The number of carbonyl (C=O) groups is 2. The fraction of sp³-hybridized carbons (Fsp3) is 0.391. The van der Waals surface area contributed by atoms with E-state index in [2.05, 4.69) is 46.6 Å². The maximum Gasteiger partial charge on any atom is 0.291 e. The zero-order valence-corrected chi connectivity index (χ0v) is 17.6. The maximum absolute atomic E-state index is 12.9. The van der Waals surface area contributed by atoms with Crippen LogP contribution < -0.4 is 15.0 Å². The lowest BCUT2D eigenvalue weighted by molar-refractivity contribution is -0.120. The van der Waals surface area contributed by atoms with Crippen LogP contribution in [0.1, 0.15) is 35.8 Å². The average Bonchev–Trinajstić information content (AvgIpc) is 3.34. The molecule has 2 aliphatic heterocycles. The largest absolute Gasteiger partial charge is 0.489 e. The molecule has 0 bridgehead atoms. The number of nitrogens with one attached hydrogen (secondary N) is 1. The van der Waals surface area contributed by atoms with Gasteiger partial charge >= 0.3 is 0 Å². The molecule has 0 fully saturated rings. The van der Waals surface area contributed by atoms with Crippen molar-refractivity contribution in [3.8, 4) is 5.75 Å². The second-order valence-electron chi connectivity index (χ2n) is 8.31. The Bertz CT molecular complexity index is 1090. The third-order valence-electron chi connectivity index (χ3n) is 6.36. The van der Waals surface area contributed by atoms with E-state index < -0.39 is 11.9 Å². The quantitative estimate of drug-likeness (QED) is 0.825. The third kappa shape index (κ3) is 3.41. The van der Waals surface area contributed by atoms with Gasteiger partial charge in [-0.05, 0) is 24.5 Å². The minimum Gasteiger partial charge on any atom is -0.489 e. The lowest BCUT2D eigenvalue weighted by Gasteiger charge is -2.26. The molecule has 3 aliphatic rings. The Morgan fingerprint density at radius 2 is 2.03 bits per heavy atom. The van der Waals surface area contributed by atoms with Gasteiger partial charge in [0, 0.05) is 19.4 Å². The highest BCUT2D eigenvalue weighted by molar-refractivity contribution is 6.02. The second kappa shape index (κ2) is 7.68. The van der Waals surface area contributed by atoms with Crippen LogP contribution in [0, 0.1) is 11.8 Å². The summed E-state index contributed by atoms with van der Waals surface area (Å²) in [5.41, 5.74) is 0.676. The Morgan fingerprint density at radius 1 is 1.23 bits per heavy atom. The number of rotatable bonds is 3. The molecule has 4 atom stereocenters. The second-order valence-corrected chi connectivity index (χ2v) is 8.31. The minimum absolute atomic E-state index is 0.0544. The number of hydrogen-bond donors (Lipinski definition) is 1. The van der Waals surface area contributed by atoms with Gasteiger partial charge < -0.3 is 15.0 Å². The number of anilines is 1. The number of nitrogens with zero attached hydrogens (tertiary/aromatic N) is 4. The van der Waals surface area contributed by atoms with Gasteiger partial charge in [-0.25, -0.2) is 9.67 Å². The zero-order valence-electron chi connectivity index (χ0n) is 17.6. The molecule has 0 radical (unpaired) electrons. The molecule has 2 amide bonds. The predicted octanol–water partition coefficient (Wildman–Crippen LogP) is 2.30. The summed E-state index contributed by atoms with van der Waals surface area (Å²) in [6.45, 7) is 2.25. The summed E-state index contributed by atoms with van der Waals surface area (Å²) >= 11 is 0. The van der Waals surface area contributed by atoms with Gasteiger partial charge in [-0.2, -0.15) is 0 Å². The van der Waals surface area contributed by atoms with E-state index in [0.29, 0.717) is 23.3 Å². The van der Waals surface area contributed by atoms with Crippen molar-refractivity contribution in [2.45, 2.75) is 31.8 Å². The van der Waals surface area contributed by atoms with Gasteiger partial charge in [0.15, 0.2) is 0 Å². The molecular weight excluding hydrogens is 394 g/mol. The van der Waals surface area contributed by atoms with Gasteiger partial charge in [-0.1, -0.05) is 43.4 Å². The molecule has 1 aromatic heterocycles. The van der Waals surface area contributed by atoms with Crippen LogP contribution in [0.5, 0.6) is 5.75 Å². The number of aryl methyl sites for hydroxylation is 1. The van der Waals surface area contributed by atoms with Crippen molar-refractivity contribution in [1.82, 2.24) is 20.1 Å². The SMILES string of the molecule is CC1C=CC=CC1[C@@H]1CCc2nc(C(=O)N[C@H]3COc4ccccc4N(C)C3=O)nn21. The molecule has 0 saturated carbocycles. The molecule has 8 nitrogen and oxygen atoms in total. The molecule has 31 heavy (non-hydrogen) atoms. The molecule has 0 saturated heterocycles. The van der Waals surface area contributed by atoms with E-state index in [1.165, 1.54) is 4.90 Å². The van der Waals surface area contributed by atoms with Gasteiger partial charge in [0.2, 0.25) is 5.82 Å². The molecular formula is C23H25N5O3. The summed E-state index contributed by atoms with van der Waals surface area (Å²) < 4.78 is 7.67. The fourth-order valence-corrected chi connectivity index (χ4v) is 4.64. The summed E-state index contributed by atoms with van der Waals surface area (Å²) in [6, 6.07) is 6.68. The standard InChI is InChI=1S/C23H25N5O3/c1-14-7-3-4-8-15(14)17-11-12-20-25-21(26-28(17)20)22(29)24-16-13-31-19-10-6-5-9-18(19)27(2)23(16)30/h3-10,14-17H,11-13H2,1-2H3,(H,24,29)/t14?,15?,16-,17-/m0/s1. The molecule has 1 aliphatic carbocycles. The van der Waals surface area contributed by atoms with Crippen molar-refractivity contribution >= 4 is 17.5 Å². The van der Waals surface area contributed by atoms with Crippen molar-refractivity contribution in [3.63, 3.8) is 0 Å². The molecule has 1 N–H and O–H groups in total. The van der Waals surface area contributed by atoms with Crippen molar-refractivity contribution in [2.24, 2.45) is 11.8 Å². The Balaban J connectivity index is 1.32. The Morgan fingerprint density at radius 3 is 2.87 bits per heavy atom. The monoisotopic (exact) mass is 419 g/mol. The number of aromatic nitrogens is 3. The summed E-state index contributed by atoms with van der Waals surface area (Å²) in [5.74, 6) is 1.55. The number of likely N-dealkylation sites (N-methyl/N-ethyl adjacent to an activating group) is 1. The third-order valence-corrected chi connectivity index (χ3v) is 6.36. The van der Waals surface area contributed by atoms with Gasteiger partial charge in [0.05, 0.1) is 11.7 Å². The first-order valence-corrected chi connectivity index (χ1v) is 10.6. The van der Waals surface area contributed by atoms with E-state index >= 15 is 0 Å². The lowest BCUT2D eigenvalue weighted by atomic mass is 9.83. The number of benzene rings is 1. The minimum atomic E-state index is -0.814. The highest BCUT2D eigenvalue weighted by atomic mass is 16.5. The van der Waals surface area contributed by atoms with Crippen LogP contribution in [-0.4, -0.2) is 46.3 Å². The van der Waals surface area contributed by atoms with Crippen LogP contribution in [0.2, 0.25) is 0 Å². The number of allylic oxidation sites excluding steroid dienone is 4. The van der Waals surface area contributed by atoms with Crippen LogP contribution in [0.15, 0.2) is 48.6 Å². The van der Waals surface area contributed by atoms with E-state index in [9.17, 15) is 9.59 Å². The van der Waals surface area contributed by atoms with E-state index in [0.717, 1.165) is 18.7 Å². The number of fused-ring (bicyclic) bond motifs is 2. The topological polar surface area (TPSA) is 89.3 Å². The number of amides is 2. The van der Waals surface area contributed by atoms with Gasteiger partial charge in [-0.15, -0.1) is 5.10 Å². The lowest BCUT2D eigenvalue weighted by Crippen LogP contribution is -2.49. The van der Waals surface area contributed by atoms with Gasteiger partial charge in [0.1, 0.15) is 24.2 Å². The summed E-state index contributed by atoms with van der Waals surface area (Å²) in [7, 11) is 1.68. The molecule has 0 spiro atoms. The first-order chi connectivity index (χ1) is 15.0. The first kappa shape index (κ1) is 19.5. The first-order valence-electron chi connectivity index (χ1n) is 10.6. The number of hydrogen-bond acceptors (Lipinski definition) is 5. The van der Waals surface area contributed by atoms with Gasteiger partial charge in [0.25, 0.3) is 11.8 Å². The molecule has 8 heteroatoms. The van der Waals surface area contributed by atoms with Gasteiger partial charge in [-0.3, -0.25) is 9.59 Å². The van der Waals surface area contributed by atoms with Crippen LogP contribution in [0.4, 0.5) is 5.69 Å². The van der Waals surface area contributed by atoms with E-state index in [1.54, 1.807) is 13.1 Å². The molecule has 2 aromatic rings. The Kier molecular flexibility index (Phi) is 4.84. The molecule has 160 valence electrons. The number of carbonyl (C=O) groups excluding carboxylic acids is 2. The fourth-order valence-electron chi connectivity index (χ4n) is 4.64. The van der Waals surface area contributed by atoms with Crippen molar-refractivity contribution in [1.29, 1.82) is 0 Å².